The fourth-order valence-corrected chi connectivity index (χ4v) is 2.10. The summed E-state index contributed by atoms with van der Waals surface area (Å²) in [5.74, 6) is 0. The van der Waals surface area contributed by atoms with Crippen LogP contribution in [0.3, 0.4) is 0 Å². The summed E-state index contributed by atoms with van der Waals surface area (Å²) < 4.78 is 62.1. The van der Waals surface area contributed by atoms with E-state index in [2.05, 4.69) is 4.08 Å². The highest BCUT2D eigenvalue weighted by molar-refractivity contribution is 7.86. The fraction of sp³-hybridized carbons (Fsp3) is 0.125. The van der Waals surface area contributed by atoms with Gasteiger partial charge in [0.2, 0.25) is 3.57 Å². The summed E-state index contributed by atoms with van der Waals surface area (Å²) in [4.78, 5) is 0. The normalized spacial score (nSPS) is 11.1. The van der Waals surface area contributed by atoms with Crippen molar-refractivity contribution in [1.82, 2.24) is 0 Å². The summed E-state index contributed by atoms with van der Waals surface area (Å²) in [6.07, 6.45) is 0. The van der Waals surface area contributed by atoms with Crippen molar-refractivity contribution >= 4 is 21.7 Å². The molecule has 0 fully saturated rings. The first kappa shape index (κ1) is 17.4. The Morgan fingerprint density at radius 2 is 1.89 bits per heavy atom. The molecule has 1 aromatic rings. The maximum atomic E-state index is 10.7. The van der Waals surface area contributed by atoms with Gasteiger partial charge in [0, 0.05) is 11.1 Å². The van der Waals surface area contributed by atoms with Gasteiger partial charge in [-0.1, -0.05) is 17.7 Å². The van der Waals surface area contributed by atoms with Crippen LogP contribution in [0.5, 0.6) is 0 Å². The van der Waals surface area contributed by atoms with Crippen LogP contribution < -0.4 is 21.2 Å². The molecule has 0 N–H and O–H groups in total. The van der Waals surface area contributed by atoms with Gasteiger partial charge in [0.15, 0.2) is 10.1 Å². The highest BCUT2D eigenvalue weighted by Gasteiger charge is 2.36. The van der Waals surface area contributed by atoms with Crippen molar-refractivity contribution in [1.29, 1.82) is 5.26 Å². The molecule has 100 valence electrons. The Balaban J connectivity index is 0.000000331. The van der Waals surface area contributed by atoms with Gasteiger partial charge in [-0.3, -0.25) is 0 Å². The standard InChI is InChI=1S/C7H4ClIN.CHF3O3S/c8-6-2-1-3-7(4-6)9-5-10;2-1(3,4)8(5,6)7/h1-4H;(H,5,6,7)/q+1;/p-1. The summed E-state index contributed by atoms with van der Waals surface area (Å²) in [7, 11) is -6.09. The van der Waals surface area contributed by atoms with Crippen molar-refractivity contribution in [3.63, 3.8) is 0 Å². The summed E-state index contributed by atoms with van der Waals surface area (Å²) in [5, 5.41) is 9.08. The molecule has 18 heavy (non-hydrogen) atoms. The average Bonchev–Trinajstić information content (AvgIpc) is 2.15. The molecule has 1 aromatic carbocycles. The van der Waals surface area contributed by atoms with Crippen molar-refractivity contribution < 1.29 is 47.3 Å². The van der Waals surface area contributed by atoms with Gasteiger partial charge in [0.05, 0.1) is 0 Å². The SMILES string of the molecule is N#C[I+]c1cccc(Cl)c1.O=S(=O)([O-])C(F)(F)F. The van der Waals surface area contributed by atoms with E-state index in [1.54, 1.807) is 0 Å². The van der Waals surface area contributed by atoms with E-state index >= 15 is 0 Å². The molecular formula is C8H4ClF3INO3S. The number of hydrogen-bond donors (Lipinski definition) is 0. The van der Waals surface area contributed by atoms with Crippen LogP contribution in [0.2, 0.25) is 5.02 Å². The van der Waals surface area contributed by atoms with Crippen molar-refractivity contribution in [2.24, 2.45) is 0 Å². The van der Waals surface area contributed by atoms with Crippen LogP contribution in [-0.4, -0.2) is 18.5 Å². The van der Waals surface area contributed by atoms with Gasteiger partial charge in [-0.25, -0.2) is 8.42 Å². The van der Waals surface area contributed by atoms with Gasteiger partial charge in [-0.15, -0.1) is 5.26 Å². The molecule has 0 amide bonds. The van der Waals surface area contributed by atoms with Crippen LogP contribution in [0, 0.1) is 12.9 Å². The molecule has 0 heterocycles. The van der Waals surface area contributed by atoms with Crippen LogP contribution in [0.1, 0.15) is 0 Å². The molecule has 4 nitrogen and oxygen atoms in total. The third kappa shape index (κ3) is 7.00. The lowest BCUT2D eigenvalue weighted by Gasteiger charge is -2.08. The third-order valence-electron chi connectivity index (χ3n) is 1.22. The maximum absolute atomic E-state index is 10.7. The number of halogens is 5. The molecule has 10 heteroatoms. The lowest BCUT2D eigenvalue weighted by atomic mass is 10.4. The summed E-state index contributed by atoms with van der Waals surface area (Å²) in [6, 6.07) is 7.46. The highest BCUT2D eigenvalue weighted by Crippen LogP contribution is 2.20. The Kier molecular flexibility index (Phi) is 6.90. The van der Waals surface area contributed by atoms with E-state index in [1.807, 2.05) is 24.3 Å². The van der Waals surface area contributed by atoms with E-state index in [9.17, 15) is 13.2 Å². The van der Waals surface area contributed by atoms with Crippen LogP contribution in [0.25, 0.3) is 0 Å². The molecule has 0 bridgehead atoms. The van der Waals surface area contributed by atoms with Crippen molar-refractivity contribution in [2.75, 3.05) is 0 Å². The average molecular weight is 414 g/mol. The zero-order valence-electron chi connectivity index (χ0n) is 8.28. The zero-order chi connectivity index (χ0) is 14.4. The molecule has 0 saturated heterocycles. The first-order chi connectivity index (χ1) is 8.08. The second-order valence-corrected chi connectivity index (χ2v) is 6.59. The molecule has 0 spiro atoms. The Morgan fingerprint density at radius 3 is 2.22 bits per heavy atom. The predicted octanol–water partition coefficient (Wildman–Crippen LogP) is -0.869. The van der Waals surface area contributed by atoms with Gasteiger partial charge in [-0.05, 0) is 12.1 Å². The van der Waals surface area contributed by atoms with Crippen molar-refractivity contribution in [3.05, 3.63) is 32.9 Å². The van der Waals surface area contributed by atoms with Crippen LogP contribution in [-0.2, 0) is 10.1 Å². The number of nitrogens with zero attached hydrogens (tertiary/aromatic N) is 1. The Bertz CT molecular complexity index is 541. The predicted molar refractivity (Wildman–Crippen MR) is 51.5 cm³/mol. The first-order valence-electron chi connectivity index (χ1n) is 3.88. The number of hydrogen-bond acceptors (Lipinski definition) is 4. The van der Waals surface area contributed by atoms with E-state index < -0.39 is 36.8 Å². The Morgan fingerprint density at radius 1 is 1.39 bits per heavy atom. The molecule has 1 rings (SSSR count). The van der Waals surface area contributed by atoms with Crippen molar-refractivity contribution in [2.45, 2.75) is 5.51 Å². The minimum Gasteiger partial charge on any atom is -0.741 e. The summed E-state index contributed by atoms with van der Waals surface area (Å²) >= 11 is 5.22. The molecule has 0 aliphatic rings. The summed E-state index contributed by atoms with van der Waals surface area (Å²) in [5.41, 5.74) is -5.65. The molecule has 0 radical (unpaired) electrons. The van der Waals surface area contributed by atoms with E-state index in [0.717, 1.165) is 3.57 Å². The second kappa shape index (κ2) is 7.13. The largest absolute Gasteiger partial charge is 0.741 e. The van der Waals surface area contributed by atoms with Gasteiger partial charge in [0.25, 0.3) is 0 Å². The third-order valence-corrected chi connectivity index (χ3v) is 3.56. The molecule has 0 unspecified atom stereocenters. The molecule has 0 aromatic heterocycles. The van der Waals surface area contributed by atoms with E-state index in [-0.39, 0.29) is 0 Å². The number of rotatable bonds is 1. The van der Waals surface area contributed by atoms with E-state index in [4.69, 9.17) is 29.8 Å². The molecule has 0 saturated carbocycles. The molecular weight excluding hydrogens is 410 g/mol. The molecule has 0 aliphatic heterocycles. The van der Waals surface area contributed by atoms with Gasteiger partial charge in [0.1, 0.15) is 0 Å². The van der Waals surface area contributed by atoms with E-state index in [1.165, 1.54) is 0 Å². The Labute approximate surface area is 116 Å². The van der Waals surface area contributed by atoms with Gasteiger partial charge >= 0.3 is 30.8 Å². The van der Waals surface area contributed by atoms with E-state index in [0.29, 0.717) is 5.02 Å². The maximum Gasteiger partial charge on any atom is 0.485 e. The summed E-state index contributed by atoms with van der Waals surface area (Å²) in [6.45, 7) is 0. The van der Waals surface area contributed by atoms with Crippen LogP contribution >= 0.6 is 11.6 Å². The lowest BCUT2D eigenvalue weighted by Crippen LogP contribution is -3.59. The van der Waals surface area contributed by atoms with Crippen LogP contribution in [0.4, 0.5) is 13.2 Å². The van der Waals surface area contributed by atoms with Crippen LogP contribution in [0.15, 0.2) is 24.3 Å². The molecule has 0 aliphatic carbocycles. The lowest BCUT2D eigenvalue weighted by molar-refractivity contribution is -0.538. The molecule has 0 atom stereocenters. The number of alkyl halides is 3. The Hall–Kier alpha value is -0.570. The monoisotopic (exact) mass is 413 g/mol. The quantitative estimate of drug-likeness (QED) is 0.341. The smallest absolute Gasteiger partial charge is 0.485 e. The highest BCUT2D eigenvalue weighted by atomic mass is 127. The van der Waals surface area contributed by atoms with Gasteiger partial charge < -0.3 is 4.55 Å². The zero-order valence-corrected chi connectivity index (χ0v) is 12.0. The minimum atomic E-state index is -6.09. The number of benzene rings is 1. The topological polar surface area (TPSA) is 81.0 Å². The fourth-order valence-electron chi connectivity index (χ4n) is 0.567. The number of nitriles is 1. The second-order valence-electron chi connectivity index (χ2n) is 2.52. The first-order valence-corrected chi connectivity index (χ1v) is 7.83. The van der Waals surface area contributed by atoms with Crippen molar-refractivity contribution in [3.8, 4) is 4.08 Å². The van der Waals surface area contributed by atoms with Gasteiger partial charge in [-0.2, -0.15) is 13.2 Å². The minimum absolute atomic E-state index is 0.466.